The standard InChI is InChI=1S/C11H14BrFN2O2S/c12-10-6-9(3-4-11(10)13)18(16,17)15-7-8-2-1-5-14-8/h3-4,6,8,14-15H,1-2,5,7H2. The molecule has 1 fully saturated rings. The number of hydrogen-bond acceptors (Lipinski definition) is 3. The molecule has 1 atom stereocenters. The van der Waals surface area contributed by atoms with Crippen molar-refractivity contribution in [3.8, 4) is 0 Å². The van der Waals surface area contributed by atoms with E-state index in [0.29, 0.717) is 6.54 Å². The lowest BCUT2D eigenvalue weighted by Gasteiger charge is -2.12. The maximum absolute atomic E-state index is 13.0. The first-order chi connectivity index (χ1) is 8.49. The minimum absolute atomic E-state index is 0.0637. The van der Waals surface area contributed by atoms with Gasteiger partial charge in [0.1, 0.15) is 5.82 Å². The summed E-state index contributed by atoms with van der Waals surface area (Å²) in [4.78, 5) is 0.0637. The van der Waals surface area contributed by atoms with Gasteiger partial charge in [-0.15, -0.1) is 0 Å². The molecule has 0 aromatic heterocycles. The molecule has 0 radical (unpaired) electrons. The van der Waals surface area contributed by atoms with E-state index in [0.717, 1.165) is 25.5 Å². The van der Waals surface area contributed by atoms with Crippen LogP contribution in [0.15, 0.2) is 27.6 Å². The number of benzene rings is 1. The largest absolute Gasteiger partial charge is 0.313 e. The van der Waals surface area contributed by atoms with Crippen LogP contribution in [0.2, 0.25) is 0 Å². The maximum atomic E-state index is 13.0. The van der Waals surface area contributed by atoms with Crippen molar-refractivity contribution in [2.24, 2.45) is 0 Å². The van der Waals surface area contributed by atoms with Crippen LogP contribution in [-0.4, -0.2) is 27.5 Å². The number of sulfonamides is 1. The van der Waals surface area contributed by atoms with Crippen molar-refractivity contribution in [1.29, 1.82) is 0 Å². The number of hydrogen-bond donors (Lipinski definition) is 2. The van der Waals surface area contributed by atoms with Gasteiger partial charge in [-0.25, -0.2) is 17.5 Å². The van der Waals surface area contributed by atoms with E-state index in [-0.39, 0.29) is 15.4 Å². The van der Waals surface area contributed by atoms with Crippen LogP contribution in [0.1, 0.15) is 12.8 Å². The van der Waals surface area contributed by atoms with E-state index in [1.165, 1.54) is 12.1 Å². The zero-order valence-electron chi connectivity index (χ0n) is 9.62. The normalized spacial score (nSPS) is 20.2. The van der Waals surface area contributed by atoms with Crippen molar-refractivity contribution in [2.45, 2.75) is 23.8 Å². The number of rotatable bonds is 4. The van der Waals surface area contributed by atoms with Gasteiger partial charge < -0.3 is 5.32 Å². The van der Waals surface area contributed by atoms with E-state index in [2.05, 4.69) is 26.0 Å². The monoisotopic (exact) mass is 336 g/mol. The van der Waals surface area contributed by atoms with Gasteiger partial charge >= 0.3 is 0 Å². The molecule has 1 saturated heterocycles. The molecule has 1 aliphatic heterocycles. The summed E-state index contributed by atoms with van der Waals surface area (Å²) in [5.41, 5.74) is 0. The van der Waals surface area contributed by atoms with E-state index >= 15 is 0 Å². The van der Waals surface area contributed by atoms with E-state index in [4.69, 9.17) is 0 Å². The zero-order chi connectivity index (χ0) is 13.2. The predicted octanol–water partition coefficient (Wildman–Crippen LogP) is 1.62. The lowest BCUT2D eigenvalue weighted by Crippen LogP contribution is -2.37. The van der Waals surface area contributed by atoms with Gasteiger partial charge in [0, 0.05) is 12.6 Å². The fourth-order valence-corrected chi connectivity index (χ4v) is 3.51. The SMILES string of the molecule is O=S(=O)(NCC1CCCN1)c1ccc(F)c(Br)c1. The first-order valence-corrected chi connectivity index (χ1v) is 7.95. The second-order valence-electron chi connectivity index (χ2n) is 4.22. The maximum Gasteiger partial charge on any atom is 0.240 e. The summed E-state index contributed by atoms with van der Waals surface area (Å²) in [7, 11) is -3.57. The Morgan fingerprint density at radius 2 is 2.28 bits per heavy atom. The summed E-state index contributed by atoms with van der Waals surface area (Å²) < 4.78 is 39.7. The molecule has 18 heavy (non-hydrogen) atoms. The molecule has 7 heteroatoms. The highest BCUT2D eigenvalue weighted by atomic mass is 79.9. The van der Waals surface area contributed by atoms with Crippen LogP contribution in [0.3, 0.4) is 0 Å². The second-order valence-corrected chi connectivity index (χ2v) is 6.84. The Morgan fingerprint density at radius 3 is 2.89 bits per heavy atom. The Kier molecular flexibility index (Phi) is 4.37. The molecule has 2 N–H and O–H groups in total. The summed E-state index contributed by atoms with van der Waals surface area (Å²) in [5, 5.41) is 3.20. The lowest BCUT2D eigenvalue weighted by atomic mass is 10.2. The van der Waals surface area contributed by atoms with Gasteiger partial charge in [-0.3, -0.25) is 0 Å². The molecular formula is C11H14BrFN2O2S. The molecule has 1 heterocycles. The van der Waals surface area contributed by atoms with Crippen molar-refractivity contribution < 1.29 is 12.8 Å². The summed E-state index contributed by atoms with van der Waals surface area (Å²) in [6.45, 7) is 1.28. The minimum atomic E-state index is -3.57. The molecule has 1 aromatic carbocycles. The van der Waals surface area contributed by atoms with Gasteiger partial charge in [-0.05, 0) is 53.5 Å². The van der Waals surface area contributed by atoms with Gasteiger partial charge in [0.25, 0.3) is 0 Å². The lowest BCUT2D eigenvalue weighted by molar-refractivity contribution is 0.551. The van der Waals surface area contributed by atoms with Crippen LogP contribution in [0.5, 0.6) is 0 Å². The molecule has 0 bridgehead atoms. The second kappa shape index (κ2) is 5.64. The van der Waals surface area contributed by atoms with Crippen molar-refractivity contribution >= 4 is 26.0 Å². The summed E-state index contributed by atoms with van der Waals surface area (Å²) in [6.07, 6.45) is 2.03. The average Bonchev–Trinajstić information content (AvgIpc) is 2.83. The first-order valence-electron chi connectivity index (χ1n) is 5.67. The topological polar surface area (TPSA) is 58.2 Å². The Labute approximate surface area is 114 Å². The highest BCUT2D eigenvalue weighted by Crippen LogP contribution is 2.20. The Balaban J connectivity index is 2.07. The predicted molar refractivity (Wildman–Crippen MR) is 70.3 cm³/mol. The van der Waals surface area contributed by atoms with Gasteiger partial charge in [0.05, 0.1) is 9.37 Å². The Morgan fingerprint density at radius 1 is 1.50 bits per heavy atom. The molecule has 0 saturated carbocycles. The average molecular weight is 337 g/mol. The van der Waals surface area contributed by atoms with Crippen LogP contribution in [0.4, 0.5) is 4.39 Å². The smallest absolute Gasteiger partial charge is 0.240 e. The summed E-state index contributed by atoms with van der Waals surface area (Å²) in [6, 6.07) is 3.83. The molecule has 4 nitrogen and oxygen atoms in total. The van der Waals surface area contributed by atoms with Crippen molar-refractivity contribution in [2.75, 3.05) is 13.1 Å². The third kappa shape index (κ3) is 3.28. The van der Waals surface area contributed by atoms with Crippen molar-refractivity contribution in [3.05, 3.63) is 28.5 Å². The fourth-order valence-electron chi connectivity index (χ4n) is 1.87. The number of nitrogens with one attached hydrogen (secondary N) is 2. The summed E-state index contributed by atoms with van der Waals surface area (Å²) >= 11 is 2.98. The molecule has 0 amide bonds. The van der Waals surface area contributed by atoms with E-state index in [9.17, 15) is 12.8 Å². The molecule has 1 aliphatic rings. The Hall–Kier alpha value is -0.500. The third-order valence-corrected chi connectivity index (χ3v) is 4.91. The molecule has 2 rings (SSSR count). The first kappa shape index (κ1) is 13.9. The van der Waals surface area contributed by atoms with E-state index < -0.39 is 15.8 Å². The molecule has 0 aliphatic carbocycles. The van der Waals surface area contributed by atoms with Crippen LogP contribution in [0.25, 0.3) is 0 Å². The van der Waals surface area contributed by atoms with E-state index in [1.807, 2.05) is 0 Å². The quantitative estimate of drug-likeness (QED) is 0.878. The molecule has 100 valence electrons. The van der Waals surface area contributed by atoms with Crippen molar-refractivity contribution in [3.63, 3.8) is 0 Å². The van der Waals surface area contributed by atoms with E-state index in [1.54, 1.807) is 0 Å². The molecule has 0 spiro atoms. The molecular weight excluding hydrogens is 323 g/mol. The minimum Gasteiger partial charge on any atom is -0.313 e. The van der Waals surface area contributed by atoms with Crippen LogP contribution >= 0.6 is 15.9 Å². The fraction of sp³-hybridized carbons (Fsp3) is 0.455. The Bertz CT molecular complexity index is 530. The van der Waals surface area contributed by atoms with Crippen molar-refractivity contribution in [1.82, 2.24) is 10.0 Å². The molecule has 1 aromatic rings. The van der Waals surface area contributed by atoms with Crippen LogP contribution in [-0.2, 0) is 10.0 Å². The summed E-state index contributed by atoms with van der Waals surface area (Å²) in [5.74, 6) is -0.480. The van der Waals surface area contributed by atoms with Crippen LogP contribution < -0.4 is 10.0 Å². The van der Waals surface area contributed by atoms with Gasteiger partial charge in [0.2, 0.25) is 10.0 Å². The van der Waals surface area contributed by atoms with Gasteiger partial charge in [0.15, 0.2) is 0 Å². The third-order valence-electron chi connectivity index (χ3n) is 2.88. The highest BCUT2D eigenvalue weighted by Gasteiger charge is 2.19. The highest BCUT2D eigenvalue weighted by molar-refractivity contribution is 9.10. The van der Waals surface area contributed by atoms with Gasteiger partial charge in [-0.1, -0.05) is 0 Å². The van der Waals surface area contributed by atoms with Gasteiger partial charge in [-0.2, -0.15) is 0 Å². The van der Waals surface area contributed by atoms with Crippen LogP contribution in [0, 0.1) is 5.82 Å². The zero-order valence-corrected chi connectivity index (χ0v) is 12.0. The molecule has 1 unspecified atom stereocenters. The number of halogens is 2.